The number of anilines is 1. The van der Waals surface area contributed by atoms with E-state index in [1.165, 1.54) is 18.7 Å². The Morgan fingerprint density at radius 1 is 1.21 bits per heavy atom. The Balaban J connectivity index is 1.56. The number of nitrogens with zero attached hydrogens (tertiary/aromatic N) is 4. The number of amides is 1. The molecule has 0 aliphatic carbocycles. The van der Waals surface area contributed by atoms with E-state index >= 15 is 0 Å². The fourth-order valence-corrected chi connectivity index (χ4v) is 2.99. The van der Waals surface area contributed by atoms with Crippen LogP contribution in [0.15, 0.2) is 36.7 Å². The van der Waals surface area contributed by atoms with E-state index in [0.29, 0.717) is 12.2 Å². The number of nitrogens with one attached hydrogen (secondary N) is 1. The van der Waals surface area contributed by atoms with E-state index in [2.05, 4.69) is 15.5 Å². The second-order valence-corrected chi connectivity index (χ2v) is 7.06. The fourth-order valence-electron chi connectivity index (χ4n) is 2.75. The van der Waals surface area contributed by atoms with Gasteiger partial charge in [0.1, 0.15) is 0 Å². The quantitative estimate of drug-likeness (QED) is 0.634. The molecule has 0 bridgehead atoms. The monoisotopic (exact) mass is 425 g/mol. The highest BCUT2D eigenvalue weighted by molar-refractivity contribution is 6.31. The van der Waals surface area contributed by atoms with Gasteiger partial charge in [-0.15, -0.1) is 0 Å². The predicted molar refractivity (Wildman–Crippen MR) is 103 cm³/mol. The van der Waals surface area contributed by atoms with Gasteiger partial charge in [-0.3, -0.25) is 14.2 Å². The number of hydrogen-bond acceptors (Lipinski definition) is 3. The average Bonchev–Trinajstić information content (AvgIpc) is 3.20. The number of halogens is 4. The molecule has 2 aromatic heterocycles. The van der Waals surface area contributed by atoms with Crippen LogP contribution >= 0.6 is 11.6 Å². The smallest absolute Gasteiger partial charge is 0.323 e. The molecule has 2 heterocycles. The topological polar surface area (TPSA) is 64.7 Å². The number of aromatic nitrogens is 4. The molecule has 10 heteroatoms. The Kier molecular flexibility index (Phi) is 5.97. The van der Waals surface area contributed by atoms with Gasteiger partial charge < -0.3 is 5.32 Å². The van der Waals surface area contributed by atoms with Gasteiger partial charge in [-0.05, 0) is 19.4 Å². The van der Waals surface area contributed by atoms with Gasteiger partial charge in [0.05, 0.1) is 35.7 Å². The van der Waals surface area contributed by atoms with E-state index in [-0.39, 0.29) is 24.6 Å². The summed E-state index contributed by atoms with van der Waals surface area (Å²) < 4.78 is 41.4. The van der Waals surface area contributed by atoms with Gasteiger partial charge in [0.2, 0.25) is 5.91 Å². The van der Waals surface area contributed by atoms with E-state index in [9.17, 15) is 18.0 Å². The zero-order valence-corrected chi connectivity index (χ0v) is 16.6. The summed E-state index contributed by atoms with van der Waals surface area (Å²) in [6.45, 7) is 3.97. The summed E-state index contributed by atoms with van der Waals surface area (Å²) in [7, 11) is 0. The predicted octanol–water partition coefficient (Wildman–Crippen LogP) is 4.45. The first-order valence-corrected chi connectivity index (χ1v) is 9.19. The Hall–Kier alpha value is -2.81. The maximum Gasteiger partial charge on any atom is 0.436 e. The molecule has 0 saturated carbocycles. The molecule has 0 aliphatic heterocycles. The molecule has 154 valence electrons. The van der Waals surface area contributed by atoms with Crippen molar-refractivity contribution >= 4 is 23.2 Å². The number of benzene rings is 1. The van der Waals surface area contributed by atoms with Crippen molar-refractivity contribution in [2.75, 3.05) is 5.32 Å². The number of carbonyl (C=O) groups excluding carboxylic acids is 1. The minimum Gasteiger partial charge on any atom is -0.323 e. The lowest BCUT2D eigenvalue weighted by atomic mass is 10.1. The molecule has 1 aromatic carbocycles. The van der Waals surface area contributed by atoms with Crippen LogP contribution in [-0.4, -0.2) is 25.5 Å². The number of rotatable bonds is 6. The third-order valence-electron chi connectivity index (χ3n) is 4.33. The fraction of sp³-hybridized carbons (Fsp3) is 0.316. The molecule has 0 aliphatic rings. The van der Waals surface area contributed by atoms with Gasteiger partial charge in [-0.1, -0.05) is 41.4 Å². The molecule has 0 fully saturated rings. The summed E-state index contributed by atoms with van der Waals surface area (Å²) in [6, 6.07) is 8.02. The Bertz CT molecular complexity index is 1010. The van der Waals surface area contributed by atoms with Crippen LogP contribution in [0.5, 0.6) is 0 Å². The lowest BCUT2D eigenvalue weighted by Gasteiger charge is -2.05. The summed E-state index contributed by atoms with van der Waals surface area (Å²) in [5, 5.41) is 9.91. The van der Waals surface area contributed by atoms with Crippen LogP contribution in [0.2, 0.25) is 5.02 Å². The maximum atomic E-state index is 12.9. The van der Waals surface area contributed by atoms with Gasteiger partial charge in [0, 0.05) is 12.6 Å². The van der Waals surface area contributed by atoms with Crippen LogP contribution < -0.4 is 5.32 Å². The molecule has 0 radical (unpaired) electrons. The molecule has 0 atom stereocenters. The molecule has 1 N–H and O–H groups in total. The Morgan fingerprint density at radius 2 is 1.90 bits per heavy atom. The van der Waals surface area contributed by atoms with Crippen molar-refractivity contribution in [3.8, 4) is 0 Å². The number of aryl methyl sites for hydroxylation is 2. The van der Waals surface area contributed by atoms with Crippen molar-refractivity contribution in [1.29, 1.82) is 0 Å². The van der Waals surface area contributed by atoms with Gasteiger partial charge in [-0.25, -0.2) is 0 Å². The first-order valence-electron chi connectivity index (χ1n) is 8.81. The highest BCUT2D eigenvalue weighted by Gasteiger charge is 2.38. The molecule has 29 heavy (non-hydrogen) atoms. The summed E-state index contributed by atoms with van der Waals surface area (Å²) >= 11 is 5.71. The average molecular weight is 426 g/mol. The number of hydrogen-bond donors (Lipinski definition) is 1. The van der Waals surface area contributed by atoms with Crippen molar-refractivity contribution in [3.63, 3.8) is 0 Å². The highest BCUT2D eigenvalue weighted by Crippen LogP contribution is 2.35. The second-order valence-electron chi connectivity index (χ2n) is 6.68. The molecule has 0 unspecified atom stereocenters. The molecule has 3 rings (SSSR count). The van der Waals surface area contributed by atoms with Crippen molar-refractivity contribution in [2.45, 2.75) is 39.5 Å². The molecule has 0 saturated heterocycles. The first-order chi connectivity index (χ1) is 13.6. The Morgan fingerprint density at radius 3 is 2.52 bits per heavy atom. The van der Waals surface area contributed by atoms with Crippen LogP contribution in [0.3, 0.4) is 0 Å². The van der Waals surface area contributed by atoms with E-state index in [0.717, 1.165) is 10.2 Å². The summed E-state index contributed by atoms with van der Waals surface area (Å²) in [4.78, 5) is 12.1. The minimum atomic E-state index is -4.64. The molecule has 1 amide bonds. The van der Waals surface area contributed by atoms with Crippen LogP contribution in [0.4, 0.5) is 18.9 Å². The SMILES string of the molecule is Cc1ccc(Cn2cc(NC(=O)CCn3nc(C(F)(F)F)c(Cl)c3C)cn2)cc1. The van der Waals surface area contributed by atoms with Crippen molar-refractivity contribution < 1.29 is 18.0 Å². The van der Waals surface area contributed by atoms with Crippen LogP contribution in [-0.2, 0) is 24.1 Å². The lowest BCUT2D eigenvalue weighted by molar-refractivity contribution is -0.141. The standard InChI is InChI=1S/C19H19ClF3N5O/c1-12-3-5-14(6-4-12)10-27-11-15(9-24-27)25-16(29)7-8-28-13(2)17(20)18(26-28)19(21,22)23/h3-6,9,11H,7-8,10H2,1-2H3,(H,25,29). The molecule has 6 nitrogen and oxygen atoms in total. The van der Waals surface area contributed by atoms with Gasteiger partial charge >= 0.3 is 6.18 Å². The molecular formula is C19H19ClF3N5O. The van der Waals surface area contributed by atoms with E-state index in [1.807, 2.05) is 31.2 Å². The summed E-state index contributed by atoms with van der Waals surface area (Å²) in [5.41, 5.74) is 1.77. The lowest BCUT2D eigenvalue weighted by Crippen LogP contribution is -2.16. The van der Waals surface area contributed by atoms with E-state index < -0.39 is 16.9 Å². The minimum absolute atomic E-state index is 0.0228. The molecule has 0 spiro atoms. The number of carbonyl (C=O) groups is 1. The second kappa shape index (κ2) is 8.28. The maximum absolute atomic E-state index is 12.9. The first kappa shape index (κ1) is 20.9. The zero-order valence-electron chi connectivity index (χ0n) is 15.8. The van der Waals surface area contributed by atoms with Crippen molar-refractivity contribution in [2.24, 2.45) is 0 Å². The van der Waals surface area contributed by atoms with Crippen molar-refractivity contribution in [1.82, 2.24) is 19.6 Å². The van der Waals surface area contributed by atoms with Crippen LogP contribution in [0.25, 0.3) is 0 Å². The Labute approximate surface area is 170 Å². The van der Waals surface area contributed by atoms with E-state index in [1.54, 1.807) is 10.9 Å². The van der Waals surface area contributed by atoms with Crippen LogP contribution in [0, 0.1) is 13.8 Å². The molecular weight excluding hydrogens is 407 g/mol. The molecule has 3 aromatic rings. The highest BCUT2D eigenvalue weighted by atomic mass is 35.5. The largest absolute Gasteiger partial charge is 0.436 e. The number of alkyl halides is 3. The van der Waals surface area contributed by atoms with Crippen LogP contribution in [0.1, 0.15) is 28.9 Å². The normalized spacial score (nSPS) is 11.7. The third kappa shape index (κ3) is 5.17. The van der Waals surface area contributed by atoms with Gasteiger partial charge in [0.25, 0.3) is 0 Å². The zero-order chi connectivity index (χ0) is 21.2. The van der Waals surface area contributed by atoms with Gasteiger partial charge in [0.15, 0.2) is 5.69 Å². The summed E-state index contributed by atoms with van der Waals surface area (Å²) in [6.07, 6.45) is -1.49. The van der Waals surface area contributed by atoms with E-state index in [4.69, 9.17) is 11.6 Å². The summed E-state index contributed by atoms with van der Waals surface area (Å²) in [5.74, 6) is -0.362. The van der Waals surface area contributed by atoms with Crippen molar-refractivity contribution in [3.05, 3.63) is 64.2 Å². The van der Waals surface area contributed by atoms with Gasteiger partial charge in [-0.2, -0.15) is 23.4 Å². The third-order valence-corrected chi connectivity index (χ3v) is 4.79.